The average Bonchev–Trinajstić information content (AvgIpc) is 0.772. The largest absolute Gasteiger partial charge is 0.348 e. The highest BCUT2D eigenvalue weighted by molar-refractivity contribution is 5.97. The van der Waals surface area contributed by atoms with E-state index < -0.39 is 0 Å². The molecule has 90 heavy (non-hydrogen) atoms. The number of hydrogen-bond donors (Lipinski definition) is 6. The van der Waals surface area contributed by atoms with Gasteiger partial charge in [-0.15, -0.1) is 0 Å². The summed E-state index contributed by atoms with van der Waals surface area (Å²) in [5.74, 6) is -2.28. The lowest BCUT2D eigenvalue weighted by molar-refractivity contribution is 0.0935. The molecule has 12 heteroatoms. The Morgan fingerprint density at radius 2 is 0.300 bits per heavy atom. The van der Waals surface area contributed by atoms with E-state index >= 15 is 0 Å². The molecule has 0 aromatic heterocycles. The predicted molar refractivity (Wildman–Crippen MR) is 364 cm³/mol. The minimum absolute atomic E-state index is 0.131. The molecule has 474 valence electrons. The van der Waals surface area contributed by atoms with Crippen LogP contribution in [0.15, 0.2) is 146 Å². The molecule has 0 aliphatic rings. The molecule has 0 saturated carbocycles. The lowest BCUT2D eigenvalue weighted by Crippen LogP contribution is -2.35. The van der Waals surface area contributed by atoms with Crippen LogP contribution < -0.4 is 31.9 Å². The normalized spacial score (nSPS) is 12.2. The first-order valence-corrected chi connectivity index (χ1v) is 31.4. The van der Waals surface area contributed by atoms with Crippen LogP contribution in [-0.4, -0.2) is 35.4 Å². The number of rotatable bonds is 18. The van der Waals surface area contributed by atoms with E-state index in [1.54, 1.807) is 72.8 Å². The van der Waals surface area contributed by atoms with Gasteiger partial charge in [-0.1, -0.05) is 197 Å². The van der Waals surface area contributed by atoms with E-state index in [-0.39, 0.29) is 107 Å². The Labute approximate surface area is 535 Å². The molecule has 6 N–H and O–H groups in total. The summed E-state index contributed by atoms with van der Waals surface area (Å²) in [5.41, 5.74) is 10.9. The lowest BCUT2D eigenvalue weighted by atomic mass is 9.84. The highest BCUT2D eigenvalue weighted by atomic mass is 16.2. The first kappa shape index (κ1) is 68.8. The maximum Gasteiger partial charge on any atom is 0.251 e. The molecule has 0 heterocycles. The Balaban J connectivity index is 1.48. The van der Waals surface area contributed by atoms with Gasteiger partial charge in [-0.25, -0.2) is 0 Å². The van der Waals surface area contributed by atoms with Gasteiger partial charge in [-0.2, -0.15) is 0 Å². The van der Waals surface area contributed by atoms with E-state index in [0.717, 1.165) is 33.4 Å². The minimum Gasteiger partial charge on any atom is -0.348 e. The summed E-state index contributed by atoms with van der Waals surface area (Å²) >= 11 is 0. The number of carbonyl (C=O) groups excluding carboxylic acids is 6. The number of benzene rings is 7. The SMILES string of the molecule is CC(C)(C)c1ccc(C(=O)NCc2c(CNC(=O)c3ccc(C(C)(C)C)cc3)c(CNC(=O)c3ccc(C(C)(C)C)cc3)c(CNC(=O)c3ccc(C(C)(C)C)cc3)c(CNC(=O)c3ccc(C(C)(C)C)cc3)c2CNC(=O)c2ccc(C(C)(C)C)cc2)cc1. The van der Waals surface area contributed by atoms with Crippen LogP contribution in [0.1, 0.15) is 254 Å². The van der Waals surface area contributed by atoms with Crippen molar-refractivity contribution < 1.29 is 28.8 Å². The molecule has 7 aromatic carbocycles. The van der Waals surface area contributed by atoms with Crippen molar-refractivity contribution >= 4 is 35.4 Å². The van der Waals surface area contributed by atoms with Crippen LogP contribution in [0, 0.1) is 0 Å². The smallest absolute Gasteiger partial charge is 0.251 e. The highest BCUT2D eigenvalue weighted by Gasteiger charge is 2.29. The summed E-state index contributed by atoms with van der Waals surface area (Å²) in [4.78, 5) is 87.8. The van der Waals surface area contributed by atoms with Crippen LogP contribution in [0.3, 0.4) is 0 Å². The summed E-state index contributed by atoms with van der Waals surface area (Å²) in [7, 11) is 0. The molecule has 0 bridgehead atoms. The molecule has 0 atom stereocenters. The van der Waals surface area contributed by atoms with Gasteiger partial charge in [-0.3, -0.25) is 28.8 Å². The summed E-state index contributed by atoms with van der Waals surface area (Å²) < 4.78 is 0. The van der Waals surface area contributed by atoms with Gasteiger partial charge in [0.05, 0.1) is 0 Å². The van der Waals surface area contributed by atoms with Crippen LogP contribution in [0.25, 0.3) is 0 Å². The molecule has 7 rings (SSSR count). The van der Waals surface area contributed by atoms with E-state index in [2.05, 4.69) is 157 Å². The zero-order chi connectivity index (χ0) is 66.3. The van der Waals surface area contributed by atoms with Gasteiger partial charge in [0.25, 0.3) is 35.4 Å². The van der Waals surface area contributed by atoms with Gasteiger partial charge in [0.2, 0.25) is 0 Å². The quantitative estimate of drug-likeness (QED) is 0.0499. The molecule has 7 aromatic rings. The lowest BCUT2D eigenvalue weighted by Gasteiger charge is -2.28. The Hall–Kier alpha value is -8.64. The van der Waals surface area contributed by atoms with E-state index in [1.807, 2.05) is 72.8 Å². The molecule has 6 amide bonds. The fourth-order valence-electron chi connectivity index (χ4n) is 10.7. The number of hydrogen-bond acceptors (Lipinski definition) is 6. The Bertz CT molecular complexity index is 3050. The van der Waals surface area contributed by atoms with Crippen molar-refractivity contribution in [3.8, 4) is 0 Å². The van der Waals surface area contributed by atoms with Crippen molar-refractivity contribution in [2.45, 2.75) is 196 Å². The van der Waals surface area contributed by atoms with Crippen molar-refractivity contribution in [2.75, 3.05) is 0 Å². The molecule has 0 spiro atoms. The van der Waals surface area contributed by atoms with Crippen LogP contribution >= 0.6 is 0 Å². The maximum absolute atomic E-state index is 14.6. The van der Waals surface area contributed by atoms with Crippen molar-refractivity contribution in [3.05, 3.63) is 246 Å². The van der Waals surface area contributed by atoms with Gasteiger partial charge in [0.1, 0.15) is 0 Å². The van der Waals surface area contributed by atoms with Crippen molar-refractivity contribution in [2.24, 2.45) is 0 Å². The topological polar surface area (TPSA) is 175 Å². The second-order valence-corrected chi connectivity index (χ2v) is 29.9. The second kappa shape index (κ2) is 27.6. The molecule has 0 aliphatic carbocycles. The third-order valence-corrected chi connectivity index (χ3v) is 16.8. The molecule has 12 nitrogen and oxygen atoms in total. The number of carbonyl (C=O) groups is 6. The summed E-state index contributed by atoms with van der Waals surface area (Å²) in [6.45, 7) is 37.1. The first-order chi connectivity index (χ1) is 41.9. The van der Waals surface area contributed by atoms with Gasteiger partial charge >= 0.3 is 0 Å². The Morgan fingerprint density at radius 3 is 0.389 bits per heavy atom. The van der Waals surface area contributed by atoms with Gasteiger partial charge in [-0.05, 0) is 172 Å². The monoisotopic (exact) mass is 1210 g/mol. The summed E-state index contributed by atoms with van der Waals surface area (Å²) in [6.07, 6.45) is 0. The van der Waals surface area contributed by atoms with Crippen LogP contribution in [0.4, 0.5) is 0 Å². The van der Waals surface area contributed by atoms with E-state index in [1.165, 1.54) is 0 Å². The molecule has 0 fully saturated rings. The molecule has 0 aliphatic heterocycles. The van der Waals surface area contributed by atoms with Crippen LogP contribution in [-0.2, 0) is 71.8 Å². The van der Waals surface area contributed by atoms with E-state index in [4.69, 9.17) is 0 Å². The molecule has 0 radical (unpaired) electrons. The third kappa shape index (κ3) is 17.8. The molecular formula is C78H96N6O6. The highest BCUT2D eigenvalue weighted by Crippen LogP contribution is 2.33. The molecule has 0 unspecified atom stereocenters. The first-order valence-electron chi connectivity index (χ1n) is 31.4. The van der Waals surface area contributed by atoms with Crippen molar-refractivity contribution in [1.82, 2.24) is 31.9 Å². The Kier molecular flexibility index (Phi) is 21.1. The predicted octanol–water partition coefficient (Wildman–Crippen LogP) is 15.1. The maximum atomic E-state index is 14.6. The van der Waals surface area contributed by atoms with E-state index in [0.29, 0.717) is 66.8 Å². The zero-order valence-corrected chi connectivity index (χ0v) is 56.5. The van der Waals surface area contributed by atoms with Crippen LogP contribution in [0.5, 0.6) is 0 Å². The van der Waals surface area contributed by atoms with E-state index in [9.17, 15) is 28.8 Å². The third-order valence-electron chi connectivity index (χ3n) is 16.8. The number of amides is 6. The second-order valence-electron chi connectivity index (χ2n) is 29.9. The zero-order valence-electron chi connectivity index (χ0n) is 56.5. The average molecular weight is 1210 g/mol. The van der Waals surface area contributed by atoms with Gasteiger partial charge in [0, 0.05) is 72.6 Å². The molecular weight excluding hydrogens is 1120 g/mol. The van der Waals surface area contributed by atoms with Crippen LogP contribution in [0.2, 0.25) is 0 Å². The standard InChI is InChI=1S/C78H96N6O6/c1-73(2,3)55-31-19-49(20-32-55)67(85)79-43-61-62(44-80-68(86)50-21-33-56(34-22-50)74(4,5)6)64(46-82-70(88)52-25-37-58(38-26-52)76(10,11)12)66(48-84-72(90)54-29-41-60(42-30-54)78(16,17)18)65(47-83-71(89)53-27-39-59(40-28-53)77(13,14)15)63(61)45-81-69(87)51-23-35-57(36-24-51)75(7,8)9/h19-42H,43-48H2,1-18H3,(H,79,85)(H,80,86)(H,81,87)(H,82,88)(H,83,89)(H,84,90). The number of nitrogens with one attached hydrogen (secondary N) is 6. The van der Waals surface area contributed by atoms with Gasteiger partial charge in [0.15, 0.2) is 0 Å². The fraction of sp³-hybridized carbons (Fsp3) is 0.385. The van der Waals surface area contributed by atoms with Crippen molar-refractivity contribution in [1.29, 1.82) is 0 Å². The fourth-order valence-corrected chi connectivity index (χ4v) is 10.7. The van der Waals surface area contributed by atoms with Gasteiger partial charge < -0.3 is 31.9 Å². The minimum atomic E-state index is -0.380. The molecule has 0 saturated heterocycles. The Morgan fingerprint density at radius 1 is 0.200 bits per heavy atom. The van der Waals surface area contributed by atoms with Crippen molar-refractivity contribution in [3.63, 3.8) is 0 Å². The summed E-state index contributed by atoms with van der Waals surface area (Å²) in [6, 6.07) is 44.8. The summed E-state index contributed by atoms with van der Waals surface area (Å²) in [5, 5.41) is 19.2.